The summed E-state index contributed by atoms with van der Waals surface area (Å²) in [5.74, 6) is 1.37. The van der Waals surface area contributed by atoms with E-state index in [1.165, 1.54) is 31.4 Å². The first kappa shape index (κ1) is 35.7. The molecule has 3 aliphatic heterocycles. The Bertz CT molecular complexity index is 2080. The number of ether oxygens (including phenoxy) is 3. The first-order chi connectivity index (χ1) is 25.7. The van der Waals surface area contributed by atoms with Crippen molar-refractivity contribution in [2.75, 3.05) is 38.4 Å². The van der Waals surface area contributed by atoms with E-state index in [9.17, 15) is 10.2 Å². The van der Waals surface area contributed by atoms with E-state index in [-0.39, 0.29) is 67.5 Å². The Morgan fingerprint density at radius 2 is 1.87 bits per heavy atom. The zero-order valence-electron chi connectivity index (χ0n) is 30.4. The fraction of sp³-hybridized carbons (Fsp3) is 0.537. The molecule has 4 aliphatic rings. The highest BCUT2D eigenvalue weighted by molar-refractivity contribution is 6.04. The van der Waals surface area contributed by atoms with E-state index in [0.717, 1.165) is 77.2 Å². The van der Waals surface area contributed by atoms with Crippen LogP contribution in [0, 0.1) is 35.3 Å². The van der Waals surface area contributed by atoms with Crippen molar-refractivity contribution in [1.29, 1.82) is 0 Å². The van der Waals surface area contributed by atoms with Crippen molar-refractivity contribution in [3.05, 3.63) is 41.5 Å². The number of terminal acetylenes is 1. The number of unbranched alkanes of at least 4 members (excludes halogenated alkanes) is 1. The number of nitrogens with zero attached hydrogens (tertiary/aromatic N) is 4. The van der Waals surface area contributed by atoms with Crippen LogP contribution in [-0.2, 0) is 4.74 Å². The highest BCUT2D eigenvalue weighted by Gasteiger charge is 2.61. The molecule has 0 radical (unpaired) electrons. The van der Waals surface area contributed by atoms with Crippen molar-refractivity contribution in [1.82, 2.24) is 20.3 Å². The number of aromatic hydroxyl groups is 1. The molecule has 3 saturated heterocycles. The SMILES string of the molecule is C#Cc1c(F)ccc2cc(O)cc(-c3nc(OC)c4c(N(CO)CCCC)nc(OCC56CCCNC5(C5CC7CCC(C5)O7)CCC6)nc4c3F)c12. The Morgan fingerprint density at radius 3 is 2.60 bits per heavy atom. The molecule has 12 heteroatoms. The second-order valence-corrected chi connectivity index (χ2v) is 15.3. The molecule has 3 N–H and O–H groups in total. The van der Waals surface area contributed by atoms with E-state index in [4.69, 9.17) is 30.6 Å². The van der Waals surface area contributed by atoms with Crippen molar-refractivity contribution in [3.8, 4) is 41.2 Å². The largest absolute Gasteiger partial charge is 0.508 e. The summed E-state index contributed by atoms with van der Waals surface area (Å²) in [5.41, 5.74) is -0.661. The van der Waals surface area contributed by atoms with Gasteiger partial charge in [0.05, 0.1) is 31.5 Å². The predicted molar refractivity (Wildman–Crippen MR) is 198 cm³/mol. The molecule has 5 heterocycles. The molecule has 2 aromatic heterocycles. The minimum absolute atomic E-state index is 0.0120. The number of piperidine rings is 1. The zero-order chi connectivity index (χ0) is 36.9. The maximum Gasteiger partial charge on any atom is 0.319 e. The van der Waals surface area contributed by atoms with Crippen LogP contribution in [0.15, 0.2) is 24.3 Å². The summed E-state index contributed by atoms with van der Waals surface area (Å²) >= 11 is 0. The molecule has 53 heavy (non-hydrogen) atoms. The molecule has 4 atom stereocenters. The second-order valence-electron chi connectivity index (χ2n) is 15.3. The Hall–Kier alpha value is -4.31. The maximum atomic E-state index is 17.2. The third-order valence-corrected chi connectivity index (χ3v) is 12.5. The number of rotatable bonds is 11. The Kier molecular flexibility index (Phi) is 9.54. The van der Waals surface area contributed by atoms with Gasteiger partial charge in [-0.3, -0.25) is 0 Å². The summed E-state index contributed by atoms with van der Waals surface area (Å²) in [6.07, 6.45) is 17.5. The number of aliphatic hydroxyl groups excluding tert-OH is 1. The number of methoxy groups -OCH3 is 1. The second kappa shape index (κ2) is 14.2. The maximum absolute atomic E-state index is 17.2. The van der Waals surface area contributed by atoms with Crippen molar-refractivity contribution < 1.29 is 33.2 Å². The van der Waals surface area contributed by atoms with E-state index in [2.05, 4.69) is 16.2 Å². The number of fused-ring (bicyclic) bond motifs is 5. The molecule has 4 aromatic rings. The number of aromatic nitrogens is 3. The van der Waals surface area contributed by atoms with E-state index in [1.54, 1.807) is 4.90 Å². The van der Waals surface area contributed by atoms with E-state index in [1.807, 2.05) is 6.92 Å². The van der Waals surface area contributed by atoms with Crippen LogP contribution in [-0.4, -0.2) is 76.4 Å². The highest BCUT2D eigenvalue weighted by atomic mass is 19.1. The monoisotopic (exact) mass is 727 g/mol. The molecule has 8 rings (SSSR count). The topological polar surface area (TPSA) is 122 Å². The third-order valence-electron chi connectivity index (χ3n) is 12.5. The highest BCUT2D eigenvalue weighted by Crippen LogP contribution is 2.59. The molecule has 1 aliphatic carbocycles. The normalized spacial score (nSPS) is 26.5. The van der Waals surface area contributed by atoms with Gasteiger partial charge in [-0.05, 0) is 93.8 Å². The van der Waals surface area contributed by atoms with Crippen LogP contribution >= 0.6 is 0 Å². The zero-order valence-corrected chi connectivity index (χ0v) is 30.4. The van der Waals surface area contributed by atoms with Crippen molar-refractivity contribution >= 4 is 27.5 Å². The van der Waals surface area contributed by atoms with E-state index in [0.29, 0.717) is 36.7 Å². The van der Waals surface area contributed by atoms with Gasteiger partial charge in [0.25, 0.3) is 0 Å². The number of nitrogens with one attached hydrogen (secondary N) is 1. The van der Waals surface area contributed by atoms with Gasteiger partial charge in [-0.25, -0.2) is 13.8 Å². The summed E-state index contributed by atoms with van der Waals surface area (Å²) in [5, 5.41) is 26.1. The number of pyridine rings is 1. The quantitative estimate of drug-likeness (QED) is 0.110. The summed E-state index contributed by atoms with van der Waals surface area (Å²) in [7, 11) is 1.40. The average Bonchev–Trinajstić information content (AvgIpc) is 3.73. The number of hydrogen-bond donors (Lipinski definition) is 3. The van der Waals surface area contributed by atoms with Gasteiger partial charge in [-0.15, -0.1) is 6.42 Å². The van der Waals surface area contributed by atoms with Gasteiger partial charge < -0.3 is 34.6 Å². The van der Waals surface area contributed by atoms with Gasteiger partial charge in [0, 0.05) is 28.4 Å². The molecule has 2 bridgehead atoms. The van der Waals surface area contributed by atoms with Crippen LogP contribution in [0.4, 0.5) is 14.6 Å². The molecular weight excluding hydrogens is 680 g/mol. The van der Waals surface area contributed by atoms with Gasteiger partial charge in [-0.2, -0.15) is 9.97 Å². The summed E-state index contributed by atoms with van der Waals surface area (Å²) in [4.78, 5) is 15.7. The number of benzene rings is 2. The molecule has 4 fully saturated rings. The van der Waals surface area contributed by atoms with E-state index >= 15 is 8.78 Å². The van der Waals surface area contributed by atoms with Crippen molar-refractivity contribution in [2.24, 2.45) is 11.3 Å². The molecule has 10 nitrogen and oxygen atoms in total. The molecular formula is C41H47F2N5O5. The van der Waals surface area contributed by atoms with Crippen LogP contribution in [0.2, 0.25) is 0 Å². The summed E-state index contributed by atoms with van der Waals surface area (Å²) in [6.45, 7) is 3.38. The van der Waals surface area contributed by atoms with Crippen molar-refractivity contribution in [3.63, 3.8) is 0 Å². The van der Waals surface area contributed by atoms with Crippen LogP contribution in [0.3, 0.4) is 0 Å². The number of phenols is 1. The number of phenolic OH excluding ortho intramolecular Hbond substituents is 1. The fourth-order valence-electron chi connectivity index (χ4n) is 10.1. The van der Waals surface area contributed by atoms with Crippen molar-refractivity contribution in [2.45, 2.75) is 95.3 Å². The lowest BCUT2D eigenvalue weighted by molar-refractivity contribution is -0.0870. The first-order valence-electron chi connectivity index (χ1n) is 19.0. The van der Waals surface area contributed by atoms with Crippen LogP contribution in [0.1, 0.15) is 83.1 Å². The van der Waals surface area contributed by atoms with E-state index < -0.39 is 18.4 Å². The number of anilines is 1. The summed E-state index contributed by atoms with van der Waals surface area (Å²) < 4.78 is 51.0. The van der Waals surface area contributed by atoms with Gasteiger partial charge in [-0.1, -0.05) is 31.8 Å². The van der Waals surface area contributed by atoms with Gasteiger partial charge in [0.2, 0.25) is 5.88 Å². The molecule has 280 valence electrons. The predicted octanol–water partition coefficient (Wildman–Crippen LogP) is 7.00. The van der Waals surface area contributed by atoms with Crippen LogP contribution in [0.25, 0.3) is 32.9 Å². The van der Waals surface area contributed by atoms with Gasteiger partial charge in [0.1, 0.15) is 34.9 Å². The molecule has 1 saturated carbocycles. The van der Waals surface area contributed by atoms with Crippen LogP contribution < -0.4 is 19.7 Å². The smallest absolute Gasteiger partial charge is 0.319 e. The summed E-state index contributed by atoms with van der Waals surface area (Å²) in [6, 6.07) is 5.39. The molecule has 0 spiro atoms. The average molecular weight is 728 g/mol. The number of aliphatic hydroxyl groups is 1. The lowest BCUT2D eigenvalue weighted by Crippen LogP contribution is -2.65. The molecule has 2 aromatic carbocycles. The Morgan fingerprint density at radius 1 is 1.08 bits per heavy atom. The van der Waals surface area contributed by atoms with Gasteiger partial charge in [0.15, 0.2) is 11.6 Å². The third kappa shape index (κ3) is 5.92. The molecule has 0 amide bonds. The minimum Gasteiger partial charge on any atom is -0.508 e. The Balaban J connectivity index is 1.27. The number of hydrogen-bond acceptors (Lipinski definition) is 10. The van der Waals surface area contributed by atoms with Crippen LogP contribution in [0.5, 0.6) is 17.6 Å². The standard InChI is InChI=1S/C41H47F2N5O5/c1-4-6-17-48(23-49)37-33-36(34(43)35(45-38(33)51-3)30-21-26(50)18-24-9-12-31(42)29(5-2)32(24)30)46-39(47-37)52-22-40-13-7-15-41(40,44-16-8-14-40)25-19-27-10-11-28(20-25)53-27/h2,9,12,18,21,25,27-28,44,49-50H,4,6-8,10-11,13-17,19-20,22-23H2,1,3H3. The number of halogens is 2. The fourth-order valence-corrected chi connectivity index (χ4v) is 10.1. The van der Waals surface area contributed by atoms with Gasteiger partial charge >= 0.3 is 6.01 Å². The molecule has 4 unspecified atom stereocenters. The lowest BCUT2D eigenvalue weighted by atomic mass is 9.59. The minimum atomic E-state index is -0.854. The Labute approximate surface area is 308 Å². The first-order valence-corrected chi connectivity index (χ1v) is 19.0. The lowest BCUT2D eigenvalue weighted by Gasteiger charge is -2.55.